The van der Waals surface area contributed by atoms with Crippen molar-refractivity contribution >= 4 is 5.78 Å². The summed E-state index contributed by atoms with van der Waals surface area (Å²) >= 11 is 0. The molecule has 0 N–H and O–H groups in total. The van der Waals surface area contributed by atoms with Crippen LogP contribution in [0.25, 0.3) is 0 Å². The van der Waals surface area contributed by atoms with E-state index in [0.29, 0.717) is 46.7 Å². The van der Waals surface area contributed by atoms with Crippen molar-refractivity contribution in [3.8, 4) is 11.5 Å². The first-order chi connectivity index (χ1) is 12.7. The Morgan fingerprint density at radius 2 is 1.67 bits per heavy atom. The molecule has 0 heterocycles. The third-order valence-electron chi connectivity index (χ3n) is 7.80. The summed E-state index contributed by atoms with van der Waals surface area (Å²) in [5.41, 5.74) is 1.35. The Hall–Kier alpha value is -1.51. The van der Waals surface area contributed by atoms with Crippen molar-refractivity contribution in [2.75, 3.05) is 14.2 Å². The lowest BCUT2D eigenvalue weighted by molar-refractivity contribution is -0.0927. The molecule has 2 aliphatic carbocycles. The van der Waals surface area contributed by atoms with Gasteiger partial charge in [-0.1, -0.05) is 40.5 Å². The standard InChI is InChI=1S/C24H36O3/c1-16-8-9-22-23(2,3)10-7-11-24(22,4)20(16)15-21(25)17-12-18(26-5)14-19(13-17)27-6/h12-14,16,20,22H,7-11,15H2,1-6H3/t16-,20?,22-,24+/m0/s1. The highest BCUT2D eigenvalue weighted by molar-refractivity contribution is 5.97. The van der Waals surface area contributed by atoms with Crippen molar-refractivity contribution < 1.29 is 14.3 Å². The molecule has 1 aromatic rings. The van der Waals surface area contributed by atoms with Gasteiger partial charge in [-0.15, -0.1) is 0 Å². The molecule has 3 heteroatoms. The van der Waals surface area contributed by atoms with E-state index in [1.54, 1.807) is 14.2 Å². The molecule has 2 aliphatic rings. The maximum absolute atomic E-state index is 13.3. The molecule has 0 spiro atoms. The van der Waals surface area contributed by atoms with Gasteiger partial charge in [0.2, 0.25) is 0 Å². The summed E-state index contributed by atoms with van der Waals surface area (Å²) in [4.78, 5) is 13.3. The first kappa shape index (κ1) is 20.2. The van der Waals surface area contributed by atoms with Gasteiger partial charge in [-0.3, -0.25) is 4.79 Å². The fraction of sp³-hybridized carbons (Fsp3) is 0.708. The third kappa shape index (κ3) is 3.75. The number of carbonyl (C=O) groups is 1. The van der Waals surface area contributed by atoms with Crippen LogP contribution in [0.1, 0.15) is 76.6 Å². The van der Waals surface area contributed by atoms with E-state index >= 15 is 0 Å². The topological polar surface area (TPSA) is 35.5 Å². The molecular weight excluding hydrogens is 336 g/mol. The summed E-state index contributed by atoms with van der Waals surface area (Å²) in [6, 6.07) is 5.52. The van der Waals surface area contributed by atoms with Crippen molar-refractivity contribution in [1.82, 2.24) is 0 Å². The second kappa shape index (κ2) is 7.48. The van der Waals surface area contributed by atoms with E-state index < -0.39 is 0 Å². The number of hydrogen-bond donors (Lipinski definition) is 0. The van der Waals surface area contributed by atoms with Gasteiger partial charge in [0.15, 0.2) is 5.78 Å². The molecule has 150 valence electrons. The minimum atomic E-state index is 0.217. The lowest BCUT2D eigenvalue weighted by Crippen LogP contribution is -2.51. The van der Waals surface area contributed by atoms with Crippen molar-refractivity contribution in [2.24, 2.45) is 28.6 Å². The summed E-state index contributed by atoms with van der Waals surface area (Å²) in [5, 5.41) is 0. The molecule has 27 heavy (non-hydrogen) atoms. The van der Waals surface area contributed by atoms with E-state index in [2.05, 4.69) is 27.7 Å². The smallest absolute Gasteiger partial charge is 0.163 e. The summed E-state index contributed by atoms with van der Waals surface area (Å²) in [5.74, 6) is 3.33. The Kier molecular flexibility index (Phi) is 5.61. The van der Waals surface area contributed by atoms with Crippen molar-refractivity contribution in [2.45, 2.75) is 66.2 Å². The number of fused-ring (bicyclic) bond motifs is 1. The Morgan fingerprint density at radius 3 is 2.26 bits per heavy atom. The number of ketones is 1. The van der Waals surface area contributed by atoms with Crippen LogP contribution in [0.4, 0.5) is 0 Å². The Labute approximate surface area is 164 Å². The largest absolute Gasteiger partial charge is 0.497 e. The number of benzene rings is 1. The maximum Gasteiger partial charge on any atom is 0.163 e. The highest BCUT2D eigenvalue weighted by Crippen LogP contribution is 2.61. The van der Waals surface area contributed by atoms with Crippen molar-refractivity contribution in [1.29, 1.82) is 0 Å². The van der Waals surface area contributed by atoms with E-state index in [1.807, 2.05) is 18.2 Å². The number of Topliss-reactive ketones (excluding diaryl/α,β-unsaturated/α-hetero) is 1. The maximum atomic E-state index is 13.3. The lowest BCUT2D eigenvalue weighted by atomic mass is 9.46. The van der Waals surface area contributed by atoms with E-state index in [1.165, 1.54) is 32.1 Å². The van der Waals surface area contributed by atoms with Crippen molar-refractivity contribution in [3.63, 3.8) is 0 Å². The SMILES string of the molecule is COc1cc(OC)cc(C(=O)CC2[C@@H](C)CC[C@H]3C(C)(C)CCC[C@]23C)c1. The summed E-state index contributed by atoms with van der Waals surface area (Å²) < 4.78 is 10.7. The summed E-state index contributed by atoms with van der Waals surface area (Å²) in [6.07, 6.45) is 7.02. The lowest BCUT2D eigenvalue weighted by Gasteiger charge is -2.59. The first-order valence-corrected chi connectivity index (χ1v) is 10.5. The molecule has 2 fully saturated rings. The van der Waals surface area contributed by atoms with E-state index in [-0.39, 0.29) is 11.2 Å². The van der Waals surface area contributed by atoms with Crippen LogP contribution in [-0.2, 0) is 0 Å². The molecule has 0 bridgehead atoms. The van der Waals surface area contributed by atoms with Gasteiger partial charge in [-0.2, -0.15) is 0 Å². The zero-order chi connectivity index (χ0) is 19.8. The predicted octanol–water partition coefficient (Wildman–Crippen LogP) is 6.16. The molecule has 0 radical (unpaired) electrons. The average molecular weight is 373 g/mol. The normalized spacial score (nSPS) is 32.4. The van der Waals surface area contributed by atoms with Gasteiger partial charge in [0, 0.05) is 18.1 Å². The van der Waals surface area contributed by atoms with Crippen LogP contribution < -0.4 is 9.47 Å². The molecule has 1 aromatic carbocycles. The molecule has 2 saturated carbocycles. The molecule has 0 amide bonds. The second-order valence-electron chi connectivity index (χ2n) is 9.79. The van der Waals surface area contributed by atoms with Gasteiger partial charge >= 0.3 is 0 Å². The van der Waals surface area contributed by atoms with Crippen LogP contribution >= 0.6 is 0 Å². The highest BCUT2D eigenvalue weighted by Gasteiger charge is 2.53. The molecule has 3 nitrogen and oxygen atoms in total. The fourth-order valence-corrected chi connectivity index (χ4v) is 6.33. The molecule has 1 unspecified atom stereocenters. The minimum absolute atomic E-state index is 0.217. The van der Waals surface area contributed by atoms with E-state index in [0.717, 1.165) is 0 Å². The van der Waals surface area contributed by atoms with Crippen LogP contribution in [0.2, 0.25) is 0 Å². The summed E-state index contributed by atoms with van der Waals surface area (Å²) in [6.45, 7) is 9.71. The second-order valence-corrected chi connectivity index (χ2v) is 9.79. The van der Waals surface area contributed by atoms with Crippen LogP contribution in [0.3, 0.4) is 0 Å². The molecule has 0 aromatic heterocycles. The van der Waals surface area contributed by atoms with Gasteiger partial charge in [-0.05, 0) is 60.0 Å². The Morgan fingerprint density at radius 1 is 1.04 bits per heavy atom. The zero-order valence-electron chi connectivity index (χ0n) is 17.9. The Balaban J connectivity index is 1.88. The fourth-order valence-electron chi connectivity index (χ4n) is 6.33. The van der Waals surface area contributed by atoms with Crippen LogP contribution in [0, 0.1) is 28.6 Å². The monoisotopic (exact) mass is 372 g/mol. The summed E-state index contributed by atoms with van der Waals surface area (Å²) in [7, 11) is 3.25. The van der Waals surface area contributed by atoms with Gasteiger partial charge < -0.3 is 9.47 Å². The van der Waals surface area contributed by atoms with Crippen molar-refractivity contribution in [3.05, 3.63) is 23.8 Å². The first-order valence-electron chi connectivity index (χ1n) is 10.5. The average Bonchev–Trinajstić information content (AvgIpc) is 2.63. The molecule has 0 saturated heterocycles. The van der Waals surface area contributed by atoms with E-state index in [4.69, 9.17) is 9.47 Å². The van der Waals surface area contributed by atoms with Crippen LogP contribution in [0.15, 0.2) is 18.2 Å². The van der Waals surface area contributed by atoms with Gasteiger partial charge in [0.1, 0.15) is 11.5 Å². The van der Waals surface area contributed by atoms with Gasteiger partial charge in [0.25, 0.3) is 0 Å². The predicted molar refractivity (Wildman–Crippen MR) is 110 cm³/mol. The number of hydrogen-bond acceptors (Lipinski definition) is 3. The number of ether oxygens (including phenoxy) is 2. The molecular formula is C24H36O3. The molecule has 3 rings (SSSR count). The van der Waals surface area contributed by atoms with Crippen LogP contribution in [0.5, 0.6) is 11.5 Å². The molecule has 0 aliphatic heterocycles. The van der Waals surface area contributed by atoms with Gasteiger partial charge in [0.05, 0.1) is 14.2 Å². The zero-order valence-corrected chi connectivity index (χ0v) is 17.9. The highest BCUT2D eigenvalue weighted by atomic mass is 16.5. The number of methoxy groups -OCH3 is 2. The van der Waals surface area contributed by atoms with E-state index in [9.17, 15) is 4.79 Å². The number of carbonyl (C=O) groups excluding carboxylic acids is 1. The third-order valence-corrected chi connectivity index (χ3v) is 7.80. The Bertz CT molecular complexity index is 671. The molecule has 4 atom stereocenters. The minimum Gasteiger partial charge on any atom is -0.497 e. The van der Waals surface area contributed by atoms with Crippen LogP contribution in [-0.4, -0.2) is 20.0 Å². The quantitative estimate of drug-likeness (QED) is 0.581. The number of rotatable bonds is 5. The van der Waals surface area contributed by atoms with Gasteiger partial charge in [-0.25, -0.2) is 0 Å².